The van der Waals surface area contributed by atoms with E-state index in [4.69, 9.17) is 5.73 Å². The first-order valence-electron chi connectivity index (χ1n) is 7.95. The Balaban J connectivity index is 0.00000264. The summed E-state index contributed by atoms with van der Waals surface area (Å²) in [5, 5.41) is 5.66. The summed E-state index contributed by atoms with van der Waals surface area (Å²) in [6.07, 6.45) is 4.79. The summed E-state index contributed by atoms with van der Waals surface area (Å²) in [6, 6.07) is -0.385. The molecule has 1 aliphatic carbocycles. The van der Waals surface area contributed by atoms with Crippen molar-refractivity contribution in [1.29, 1.82) is 0 Å². The zero-order valence-corrected chi connectivity index (χ0v) is 14.6. The van der Waals surface area contributed by atoms with E-state index in [1.807, 2.05) is 0 Å². The van der Waals surface area contributed by atoms with Gasteiger partial charge in [0.1, 0.15) is 5.54 Å². The van der Waals surface area contributed by atoms with Crippen LogP contribution in [0, 0.1) is 0 Å². The third-order valence-electron chi connectivity index (χ3n) is 4.59. The van der Waals surface area contributed by atoms with Crippen molar-refractivity contribution < 1.29 is 14.4 Å². The Morgan fingerprint density at radius 3 is 2.39 bits per heavy atom. The second kappa shape index (κ2) is 7.49. The van der Waals surface area contributed by atoms with Crippen LogP contribution in [0.1, 0.15) is 52.4 Å². The van der Waals surface area contributed by atoms with Gasteiger partial charge in [-0.15, -0.1) is 12.4 Å². The van der Waals surface area contributed by atoms with Crippen LogP contribution in [0.25, 0.3) is 0 Å². The van der Waals surface area contributed by atoms with Gasteiger partial charge in [0.05, 0.1) is 5.54 Å². The lowest BCUT2D eigenvalue weighted by Crippen LogP contribution is -2.51. The second-order valence-electron chi connectivity index (χ2n) is 6.86. The minimum atomic E-state index is -0.854. The van der Waals surface area contributed by atoms with E-state index in [1.54, 1.807) is 13.8 Å². The van der Waals surface area contributed by atoms with Crippen molar-refractivity contribution in [2.45, 2.75) is 63.5 Å². The molecule has 4 amide bonds. The number of nitrogens with one attached hydrogen (secondary N) is 2. The molecule has 1 aliphatic heterocycles. The molecule has 0 aromatic heterocycles. The number of amides is 4. The Kier molecular flexibility index (Phi) is 6.41. The lowest BCUT2D eigenvalue weighted by atomic mass is 9.97. The summed E-state index contributed by atoms with van der Waals surface area (Å²) in [7, 11) is 0. The molecule has 0 unspecified atom stereocenters. The van der Waals surface area contributed by atoms with Crippen molar-refractivity contribution in [1.82, 2.24) is 15.5 Å². The van der Waals surface area contributed by atoms with Crippen LogP contribution in [0.5, 0.6) is 0 Å². The third kappa shape index (κ3) is 4.35. The van der Waals surface area contributed by atoms with Gasteiger partial charge in [-0.05, 0) is 33.1 Å². The highest BCUT2D eigenvalue weighted by atomic mass is 35.5. The number of nitrogens with two attached hydrogens (primary N) is 1. The third-order valence-corrected chi connectivity index (χ3v) is 4.59. The van der Waals surface area contributed by atoms with Crippen LogP contribution in [0.3, 0.4) is 0 Å². The highest BCUT2D eigenvalue weighted by Crippen LogP contribution is 2.28. The van der Waals surface area contributed by atoms with Crippen LogP contribution in [0.2, 0.25) is 0 Å². The molecule has 0 aromatic rings. The Morgan fingerprint density at radius 2 is 1.91 bits per heavy atom. The number of carbonyl (C=O) groups is 3. The Bertz CT molecular complexity index is 475. The average molecular weight is 347 g/mol. The van der Waals surface area contributed by atoms with Gasteiger partial charge in [0, 0.05) is 19.5 Å². The molecule has 0 aromatic carbocycles. The lowest BCUT2D eigenvalue weighted by molar-refractivity contribution is -0.130. The number of carbonyl (C=O) groups excluding carboxylic acids is 3. The molecule has 2 aliphatic rings. The summed E-state index contributed by atoms with van der Waals surface area (Å²) in [5.74, 6) is -0.300. The van der Waals surface area contributed by atoms with E-state index < -0.39 is 5.54 Å². The SMILES string of the molecule is CC1(C)NC(=O)N(CCCC(=O)NC2(CN)CCCC2)C1=O.Cl. The smallest absolute Gasteiger partial charge is 0.325 e. The molecule has 1 saturated heterocycles. The van der Waals surface area contributed by atoms with Crippen molar-refractivity contribution in [2.75, 3.05) is 13.1 Å². The maximum absolute atomic E-state index is 12.1. The molecule has 132 valence electrons. The van der Waals surface area contributed by atoms with Crippen LogP contribution in [-0.4, -0.2) is 46.9 Å². The zero-order valence-electron chi connectivity index (χ0n) is 13.8. The van der Waals surface area contributed by atoms with Gasteiger partial charge in [0.2, 0.25) is 5.91 Å². The number of hydrogen-bond donors (Lipinski definition) is 3. The first-order chi connectivity index (χ1) is 10.3. The van der Waals surface area contributed by atoms with Crippen LogP contribution < -0.4 is 16.4 Å². The maximum atomic E-state index is 12.1. The summed E-state index contributed by atoms with van der Waals surface area (Å²) in [6.45, 7) is 4.06. The van der Waals surface area contributed by atoms with Gasteiger partial charge in [-0.3, -0.25) is 14.5 Å². The molecular weight excluding hydrogens is 320 g/mol. The fourth-order valence-electron chi connectivity index (χ4n) is 3.21. The predicted molar refractivity (Wildman–Crippen MR) is 89.2 cm³/mol. The van der Waals surface area contributed by atoms with Crippen molar-refractivity contribution in [2.24, 2.45) is 5.73 Å². The van der Waals surface area contributed by atoms with E-state index in [-0.39, 0.29) is 42.3 Å². The fourth-order valence-corrected chi connectivity index (χ4v) is 3.21. The fraction of sp³-hybridized carbons (Fsp3) is 0.800. The molecule has 0 bridgehead atoms. The van der Waals surface area contributed by atoms with Gasteiger partial charge in [0.25, 0.3) is 5.91 Å². The van der Waals surface area contributed by atoms with Gasteiger partial charge in [0.15, 0.2) is 0 Å². The number of nitrogens with zero attached hydrogens (tertiary/aromatic N) is 1. The van der Waals surface area contributed by atoms with Gasteiger partial charge < -0.3 is 16.4 Å². The molecule has 0 radical (unpaired) electrons. The number of hydrogen-bond acceptors (Lipinski definition) is 4. The maximum Gasteiger partial charge on any atom is 0.325 e. The molecule has 7 nitrogen and oxygen atoms in total. The quantitative estimate of drug-likeness (QED) is 0.621. The molecule has 2 rings (SSSR count). The molecule has 2 fully saturated rings. The first kappa shape index (κ1) is 19.7. The van der Waals surface area contributed by atoms with Crippen LogP contribution in [-0.2, 0) is 9.59 Å². The van der Waals surface area contributed by atoms with Gasteiger partial charge >= 0.3 is 6.03 Å². The molecule has 0 atom stereocenters. The van der Waals surface area contributed by atoms with E-state index >= 15 is 0 Å². The normalized spacial score (nSPS) is 21.8. The van der Waals surface area contributed by atoms with Crippen molar-refractivity contribution in [3.63, 3.8) is 0 Å². The van der Waals surface area contributed by atoms with E-state index in [1.165, 1.54) is 4.90 Å². The van der Waals surface area contributed by atoms with Crippen LogP contribution >= 0.6 is 12.4 Å². The van der Waals surface area contributed by atoms with Crippen molar-refractivity contribution in [3.8, 4) is 0 Å². The standard InChI is InChI=1S/C15H26N4O3.ClH/c1-14(2)12(21)19(13(22)18-14)9-5-6-11(20)17-15(10-16)7-3-4-8-15;/h3-10,16H2,1-2H3,(H,17,20)(H,18,22);1H. The summed E-state index contributed by atoms with van der Waals surface area (Å²) in [4.78, 5) is 37.0. The van der Waals surface area contributed by atoms with Crippen LogP contribution in [0.4, 0.5) is 4.79 Å². The van der Waals surface area contributed by atoms with Crippen LogP contribution in [0.15, 0.2) is 0 Å². The summed E-state index contributed by atoms with van der Waals surface area (Å²) in [5.41, 5.74) is 4.69. The highest BCUT2D eigenvalue weighted by Gasteiger charge is 2.43. The van der Waals surface area contributed by atoms with Gasteiger partial charge in [-0.25, -0.2) is 4.79 Å². The lowest BCUT2D eigenvalue weighted by Gasteiger charge is -2.28. The summed E-state index contributed by atoms with van der Waals surface area (Å²) >= 11 is 0. The Morgan fingerprint density at radius 1 is 1.30 bits per heavy atom. The van der Waals surface area contributed by atoms with Gasteiger partial charge in [-0.2, -0.15) is 0 Å². The minimum Gasteiger partial charge on any atom is -0.349 e. The predicted octanol–water partition coefficient (Wildman–Crippen LogP) is 0.907. The molecule has 8 heteroatoms. The number of imide groups is 1. The molecule has 1 saturated carbocycles. The number of urea groups is 1. The van der Waals surface area contributed by atoms with E-state index in [0.717, 1.165) is 25.7 Å². The average Bonchev–Trinajstić information content (AvgIpc) is 2.97. The minimum absolute atomic E-state index is 0. The Labute approximate surface area is 143 Å². The largest absolute Gasteiger partial charge is 0.349 e. The molecular formula is C15H27ClN4O3. The molecule has 0 spiro atoms. The Hall–Kier alpha value is -1.34. The van der Waals surface area contributed by atoms with Gasteiger partial charge in [-0.1, -0.05) is 12.8 Å². The first-order valence-corrected chi connectivity index (χ1v) is 7.95. The van der Waals surface area contributed by atoms with Crippen molar-refractivity contribution in [3.05, 3.63) is 0 Å². The molecule has 1 heterocycles. The zero-order chi connectivity index (χ0) is 16.4. The van der Waals surface area contributed by atoms with E-state index in [0.29, 0.717) is 19.4 Å². The van der Waals surface area contributed by atoms with Crippen molar-refractivity contribution >= 4 is 30.3 Å². The van der Waals surface area contributed by atoms with E-state index in [2.05, 4.69) is 10.6 Å². The number of halogens is 1. The molecule has 4 N–H and O–H groups in total. The molecule has 23 heavy (non-hydrogen) atoms. The second-order valence-corrected chi connectivity index (χ2v) is 6.86. The highest BCUT2D eigenvalue weighted by molar-refractivity contribution is 6.06. The van der Waals surface area contributed by atoms with E-state index in [9.17, 15) is 14.4 Å². The summed E-state index contributed by atoms with van der Waals surface area (Å²) < 4.78 is 0. The monoisotopic (exact) mass is 346 g/mol. The topological polar surface area (TPSA) is 105 Å². The number of rotatable bonds is 6.